The van der Waals surface area contributed by atoms with Crippen molar-refractivity contribution in [1.82, 2.24) is 19.9 Å². The van der Waals surface area contributed by atoms with Gasteiger partial charge in [-0.25, -0.2) is 19.9 Å². The van der Waals surface area contributed by atoms with E-state index in [0.717, 1.165) is 118 Å². The van der Waals surface area contributed by atoms with Crippen LogP contribution in [0.5, 0.6) is 23.0 Å². The van der Waals surface area contributed by atoms with E-state index in [-0.39, 0.29) is 24.4 Å². The van der Waals surface area contributed by atoms with Crippen LogP contribution in [0.3, 0.4) is 0 Å². The molecule has 12 heteroatoms. The number of ether oxygens (including phenoxy) is 8. The van der Waals surface area contributed by atoms with Crippen LogP contribution in [-0.4, -0.2) is 97.2 Å². The summed E-state index contributed by atoms with van der Waals surface area (Å²) in [6, 6.07) is 23.5. The van der Waals surface area contributed by atoms with E-state index in [1.807, 2.05) is 72.8 Å². The summed E-state index contributed by atoms with van der Waals surface area (Å²) < 4.78 is 48.9. The average Bonchev–Trinajstić information content (AvgIpc) is 3.28. The molecule has 12 rings (SSSR count). The highest BCUT2D eigenvalue weighted by molar-refractivity contribution is 5.93. The summed E-state index contributed by atoms with van der Waals surface area (Å²) in [4.78, 5) is 19.3. The summed E-state index contributed by atoms with van der Waals surface area (Å²) in [5, 5.41) is 0. The maximum absolute atomic E-state index is 6.17. The number of aromatic nitrogens is 4. The molecule has 0 spiro atoms. The fraction of sp³-hybridized carbons (Fsp3) is 0.500. The Hall–Kier alpha value is -4.88. The van der Waals surface area contributed by atoms with Crippen LogP contribution in [0, 0.1) is 0 Å². The molecule has 316 valence electrons. The summed E-state index contributed by atoms with van der Waals surface area (Å²) in [7, 11) is 0. The van der Waals surface area contributed by atoms with Crippen molar-refractivity contribution in [2.24, 2.45) is 0 Å². The third kappa shape index (κ3) is 9.84. The molecule has 2 saturated carbocycles. The number of nitrogens with zero attached hydrogens (tertiary/aromatic N) is 4. The molecule has 4 aromatic carbocycles. The van der Waals surface area contributed by atoms with Crippen molar-refractivity contribution in [2.45, 2.75) is 101 Å². The summed E-state index contributed by atoms with van der Waals surface area (Å²) in [6.07, 6.45) is 13.2. The van der Waals surface area contributed by atoms with Crippen molar-refractivity contribution in [3.8, 4) is 23.0 Å². The van der Waals surface area contributed by atoms with Gasteiger partial charge >= 0.3 is 0 Å². The van der Waals surface area contributed by atoms with E-state index in [0.29, 0.717) is 52.9 Å². The average molecular weight is 817 g/mol. The fourth-order valence-corrected chi connectivity index (χ4v) is 8.59. The molecular weight excluding hydrogens is 761 g/mol. The Morgan fingerprint density at radius 3 is 0.800 bits per heavy atom. The lowest BCUT2D eigenvalue weighted by atomic mass is 9.94. The van der Waals surface area contributed by atoms with Gasteiger partial charge < -0.3 is 37.9 Å². The van der Waals surface area contributed by atoms with Gasteiger partial charge in [0.05, 0.1) is 99.3 Å². The fourth-order valence-electron chi connectivity index (χ4n) is 8.59. The summed E-state index contributed by atoms with van der Waals surface area (Å²) in [5.41, 5.74) is 6.36. The lowest BCUT2D eigenvalue weighted by Crippen LogP contribution is -2.35. The van der Waals surface area contributed by atoms with Crippen molar-refractivity contribution in [1.29, 1.82) is 0 Å². The zero-order valence-corrected chi connectivity index (χ0v) is 34.4. The molecule has 4 aliphatic heterocycles. The smallest absolute Gasteiger partial charge is 0.147 e. The van der Waals surface area contributed by atoms with Crippen LogP contribution in [-0.2, 0) is 18.9 Å². The second kappa shape index (κ2) is 20.1. The van der Waals surface area contributed by atoms with Crippen LogP contribution in [0.25, 0.3) is 44.1 Å². The van der Waals surface area contributed by atoms with Gasteiger partial charge in [0.2, 0.25) is 0 Å². The first-order valence-electron chi connectivity index (χ1n) is 22.1. The van der Waals surface area contributed by atoms with Crippen LogP contribution < -0.4 is 18.9 Å². The van der Waals surface area contributed by atoms with E-state index < -0.39 is 0 Å². The van der Waals surface area contributed by atoms with Gasteiger partial charge in [-0.15, -0.1) is 0 Å². The Balaban J connectivity index is 0.000000154. The van der Waals surface area contributed by atoms with E-state index in [4.69, 9.17) is 57.8 Å². The van der Waals surface area contributed by atoms with E-state index in [9.17, 15) is 0 Å². The van der Waals surface area contributed by atoms with E-state index >= 15 is 0 Å². The molecule has 4 atom stereocenters. The monoisotopic (exact) mass is 816 g/mol. The maximum atomic E-state index is 6.17. The highest BCUT2D eigenvalue weighted by Gasteiger charge is 2.28. The zero-order chi connectivity index (χ0) is 40.4. The number of rotatable bonds is 0. The summed E-state index contributed by atoms with van der Waals surface area (Å²) in [6.45, 7) is 5.04. The molecule has 2 aliphatic carbocycles. The number of para-hydroxylation sites is 4. The van der Waals surface area contributed by atoms with Gasteiger partial charge in [-0.1, -0.05) is 49.9 Å². The van der Waals surface area contributed by atoms with Crippen molar-refractivity contribution in [2.75, 3.05) is 52.9 Å². The minimum Gasteiger partial charge on any atom is -0.491 e. The largest absolute Gasteiger partial charge is 0.491 e. The van der Waals surface area contributed by atoms with Gasteiger partial charge in [-0.3, -0.25) is 0 Å². The quantitative estimate of drug-likeness (QED) is 0.136. The van der Waals surface area contributed by atoms with Crippen molar-refractivity contribution in [3.63, 3.8) is 0 Å². The number of fused-ring (bicyclic) bond motifs is 16. The third-order valence-corrected chi connectivity index (χ3v) is 11.6. The topological polar surface area (TPSA) is 125 Å². The van der Waals surface area contributed by atoms with Gasteiger partial charge in [0.25, 0.3) is 0 Å². The molecule has 6 aromatic rings. The Kier molecular flexibility index (Phi) is 13.6. The molecule has 60 heavy (non-hydrogen) atoms. The predicted octanol–water partition coefficient (Wildman–Crippen LogP) is 9.36. The Morgan fingerprint density at radius 1 is 0.300 bits per heavy atom. The standard InChI is InChI=1S/2C24H28N2O4/c2*1-2-10-20-19(9-1)27-13-5-15-29-21-11-3-7-17-23(21)25-18-8-4-12-22(24(18)26-17)30-16-6-14-28-20/h2*3-4,7-8,11-12,19-20H,1-2,5-6,9-10,13-16H2/t2*19-,20-/m11/s1. The van der Waals surface area contributed by atoms with Crippen LogP contribution >= 0.6 is 0 Å². The molecule has 6 heterocycles. The van der Waals surface area contributed by atoms with Crippen molar-refractivity contribution in [3.05, 3.63) is 72.8 Å². The minimum atomic E-state index is 0.188. The molecule has 2 aromatic heterocycles. The van der Waals surface area contributed by atoms with Crippen LogP contribution in [0.1, 0.15) is 77.0 Å². The molecule has 0 radical (unpaired) electrons. The zero-order valence-electron chi connectivity index (χ0n) is 34.4. The minimum absolute atomic E-state index is 0.188. The summed E-state index contributed by atoms with van der Waals surface area (Å²) in [5.74, 6) is 3.03. The SMILES string of the molecule is c1cc2c3nc4cccc(c4nc3c1)OCCCO[C@@H]1CCCC[C@H]1OCCCO2.c1cc2c3nc4cccc(c4nc3c1)OCCCO[C@@H]1CCCC[C@H]1OCCCO2. The van der Waals surface area contributed by atoms with Crippen LogP contribution in [0.15, 0.2) is 72.8 Å². The Labute approximate surface area is 351 Å². The molecule has 0 amide bonds. The molecule has 0 saturated heterocycles. The molecule has 12 nitrogen and oxygen atoms in total. The number of hydrogen-bond acceptors (Lipinski definition) is 12. The van der Waals surface area contributed by atoms with Crippen molar-refractivity contribution >= 4 is 44.1 Å². The van der Waals surface area contributed by atoms with Gasteiger partial charge in [0.15, 0.2) is 0 Å². The van der Waals surface area contributed by atoms with E-state index in [1.54, 1.807) is 0 Å². The van der Waals surface area contributed by atoms with Gasteiger partial charge in [-0.2, -0.15) is 0 Å². The number of benzene rings is 4. The first-order valence-corrected chi connectivity index (χ1v) is 22.1. The normalized spacial score (nSPS) is 23.6. The Bertz CT molecular complexity index is 2020. The third-order valence-electron chi connectivity index (χ3n) is 11.6. The van der Waals surface area contributed by atoms with E-state index in [2.05, 4.69) is 0 Å². The first kappa shape index (κ1) is 40.5. The second-order valence-corrected chi connectivity index (χ2v) is 16.0. The Morgan fingerprint density at radius 2 is 0.550 bits per heavy atom. The molecule has 0 N–H and O–H groups in total. The lowest BCUT2D eigenvalue weighted by molar-refractivity contribution is -0.0948. The predicted molar refractivity (Wildman–Crippen MR) is 230 cm³/mol. The van der Waals surface area contributed by atoms with Gasteiger partial charge in [-0.05, 0) is 74.2 Å². The maximum Gasteiger partial charge on any atom is 0.147 e. The first-order chi connectivity index (χ1) is 29.8. The lowest BCUT2D eigenvalue weighted by Gasteiger charge is -2.31. The van der Waals surface area contributed by atoms with Gasteiger partial charge in [0, 0.05) is 25.7 Å². The van der Waals surface area contributed by atoms with E-state index in [1.165, 1.54) is 25.7 Å². The molecule has 12 bridgehead atoms. The van der Waals surface area contributed by atoms with Crippen molar-refractivity contribution < 1.29 is 37.9 Å². The van der Waals surface area contributed by atoms with Crippen LogP contribution in [0.2, 0.25) is 0 Å². The number of hydrogen-bond donors (Lipinski definition) is 0. The van der Waals surface area contributed by atoms with Gasteiger partial charge in [0.1, 0.15) is 45.1 Å². The van der Waals surface area contributed by atoms with Crippen LogP contribution in [0.4, 0.5) is 0 Å². The highest BCUT2D eigenvalue weighted by Crippen LogP contribution is 2.32. The molecule has 2 fully saturated rings. The molecular formula is C48H56N4O8. The highest BCUT2D eigenvalue weighted by atomic mass is 16.6. The molecule has 6 aliphatic rings. The summed E-state index contributed by atoms with van der Waals surface area (Å²) >= 11 is 0. The second-order valence-electron chi connectivity index (χ2n) is 16.0. The molecule has 0 unspecified atom stereocenters.